The number of aryl methyl sites for hydroxylation is 2. The first-order chi connectivity index (χ1) is 21.4. The van der Waals surface area contributed by atoms with Crippen molar-refractivity contribution in [3.05, 3.63) is 54.4 Å². The van der Waals surface area contributed by atoms with Gasteiger partial charge in [-0.25, -0.2) is 4.57 Å². The third kappa shape index (κ3) is 29.1. The maximum Gasteiger partial charge on any atom is 0.169 e. The van der Waals surface area contributed by atoms with Gasteiger partial charge >= 0.3 is 0 Å². The highest BCUT2D eigenvalue weighted by atomic mass is 14.9. The minimum absolute atomic E-state index is 1.18. The van der Waals surface area contributed by atoms with Crippen molar-refractivity contribution in [2.24, 2.45) is 0 Å². The van der Waals surface area contributed by atoms with Gasteiger partial charge in [-0.05, 0) is 76.2 Å². The molecule has 0 amide bonds. The smallest absolute Gasteiger partial charge is 0.169 e. The van der Waals surface area contributed by atoms with E-state index in [0.717, 1.165) is 0 Å². The van der Waals surface area contributed by atoms with Crippen LogP contribution in [0.1, 0.15) is 206 Å². The number of aromatic nitrogens is 1. The SMILES string of the molecule is CCCCCCCC/C=C\CCCCCCCCCc1cc[n+](CCCCCCCC/C=C\CCCCCCCC)cc1. The van der Waals surface area contributed by atoms with E-state index in [4.69, 9.17) is 0 Å². The first-order valence-electron chi connectivity index (χ1n) is 19.6. The number of rotatable bonds is 33. The van der Waals surface area contributed by atoms with Crippen molar-refractivity contribution >= 4 is 0 Å². The molecule has 0 aliphatic heterocycles. The van der Waals surface area contributed by atoms with Crippen LogP contribution in [0.25, 0.3) is 0 Å². The number of pyridine rings is 1. The molecule has 1 nitrogen and oxygen atoms in total. The fourth-order valence-electron chi connectivity index (χ4n) is 6.10. The Morgan fingerprint density at radius 1 is 0.395 bits per heavy atom. The van der Waals surface area contributed by atoms with Gasteiger partial charge < -0.3 is 0 Å². The number of allylic oxidation sites excluding steroid dienone is 4. The molecule has 1 heterocycles. The molecule has 0 atom stereocenters. The molecule has 0 bridgehead atoms. The molecule has 1 aromatic rings. The predicted molar refractivity (Wildman–Crippen MR) is 194 cm³/mol. The molecular weight excluding hydrogens is 518 g/mol. The van der Waals surface area contributed by atoms with Gasteiger partial charge in [-0.2, -0.15) is 0 Å². The van der Waals surface area contributed by atoms with Gasteiger partial charge in [0.25, 0.3) is 0 Å². The zero-order valence-corrected chi connectivity index (χ0v) is 29.5. The molecule has 0 fully saturated rings. The Morgan fingerprint density at radius 3 is 1.12 bits per heavy atom. The van der Waals surface area contributed by atoms with Gasteiger partial charge in [0.1, 0.15) is 6.54 Å². The fraction of sp³-hybridized carbons (Fsp3) is 0.786. The van der Waals surface area contributed by atoms with Crippen LogP contribution in [0.15, 0.2) is 48.8 Å². The Balaban J connectivity index is 1.84. The summed E-state index contributed by atoms with van der Waals surface area (Å²) in [5.41, 5.74) is 1.52. The molecule has 0 aliphatic rings. The molecule has 0 radical (unpaired) electrons. The van der Waals surface area contributed by atoms with Gasteiger partial charge in [-0.1, -0.05) is 154 Å². The summed E-state index contributed by atoms with van der Waals surface area (Å²) in [4.78, 5) is 0. The number of hydrogen-bond donors (Lipinski definition) is 0. The van der Waals surface area contributed by atoms with E-state index in [1.165, 1.54) is 205 Å². The topological polar surface area (TPSA) is 3.88 Å². The van der Waals surface area contributed by atoms with Crippen molar-refractivity contribution in [1.82, 2.24) is 0 Å². The average Bonchev–Trinajstić information content (AvgIpc) is 3.03. The van der Waals surface area contributed by atoms with Gasteiger partial charge in [0.05, 0.1) is 0 Å². The highest BCUT2D eigenvalue weighted by Gasteiger charge is 2.02. The first kappa shape index (κ1) is 39.7. The van der Waals surface area contributed by atoms with Gasteiger partial charge in [-0.15, -0.1) is 0 Å². The second kappa shape index (κ2) is 33.5. The van der Waals surface area contributed by atoms with Gasteiger partial charge in [0, 0.05) is 18.6 Å². The van der Waals surface area contributed by atoms with Crippen LogP contribution in [0.3, 0.4) is 0 Å². The molecule has 0 aromatic carbocycles. The van der Waals surface area contributed by atoms with Gasteiger partial charge in [-0.3, -0.25) is 0 Å². The molecule has 0 N–H and O–H groups in total. The van der Waals surface area contributed by atoms with Gasteiger partial charge in [0.2, 0.25) is 0 Å². The summed E-state index contributed by atoms with van der Waals surface area (Å²) >= 11 is 0. The lowest BCUT2D eigenvalue weighted by molar-refractivity contribution is -0.697. The highest BCUT2D eigenvalue weighted by molar-refractivity contribution is 5.07. The van der Waals surface area contributed by atoms with Crippen LogP contribution in [0.4, 0.5) is 0 Å². The normalized spacial score (nSPS) is 11.9. The average molecular weight is 595 g/mol. The summed E-state index contributed by atoms with van der Waals surface area (Å²) in [6.45, 7) is 5.77. The second-order valence-corrected chi connectivity index (χ2v) is 13.4. The molecule has 0 spiro atoms. The van der Waals surface area contributed by atoms with E-state index in [0.29, 0.717) is 0 Å². The minimum atomic E-state index is 1.18. The van der Waals surface area contributed by atoms with Crippen molar-refractivity contribution in [2.75, 3.05) is 0 Å². The minimum Gasteiger partial charge on any atom is -0.205 e. The largest absolute Gasteiger partial charge is 0.205 e. The molecule has 43 heavy (non-hydrogen) atoms. The van der Waals surface area contributed by atoms with E-state index in [9.17, 15) is 0 Å². The van der Waals surface area contributed by atoms with Crippen molar-refractivity contribution < 1.29 is 4.57 Å². The molecule has 0 aliphatic carbocycles. The summed E-state index contributed by atoms with van der Waals surface area (Å²) in [5.74, 6) is 0. The van der Waals surface area contributed by atoms with Crippen molar-refractivity contribution in [3.63, 3.8) is 0 Å². The third-order valence-electron chi connectivity index (χ3n) is 9.12. The van der Waals surface area contributed by atoms with Crippen LogP contribution in [0, 0.1) is 0 Å². The Hall–Kier alpha value is -1.37. The zero-order chi connectivity index (χ0) is 30.7. The van der Waals surface area contributed by atoms with Crippen LogP contribution >= 0.6 is 0 Å². The molecule has 0 saturated carbocycles. The Bertz CT molecular complexity index is 715. The lowest BCUT2D eigenvalue weighted by atomic mass is 10.0. The maximum absolute atomic E-state index is 2.44. The molecule has 0 saturated heterocycles. The number of nitrogens with zero attached hydrogens (tertiary/aromatic N) is 1. The number of unbranched alkanes of at least 4 members (excludes halogenated alkanes) is 25. The molecule has 248 valence electrons. The van der Waals surface area contributed by atoms with E-state index < -0.39 is 0 Å². The lowest BCUT2D eigenvalue weighted by Crippen LogP contribution is -2.32. The van der Waals surface area contributed by atoms with Crippen molar-refractivity contribution in [3.8, 4) is 0 Å². The second-order valence-electron chi connectivity index (χ2n) is 13.4. The molecule has 1 rings (SSSR count). The van der Waals surface area contributed by atoms with Crippen molar-refractivity contribution in [2.45, 2.75) is 213 Å². The van der Waals surface area contributed by atoms with Crippen molar-refractivity contribution in [1.29, 1.82) is 0 Å². The van der Waals surface area contributed by atoms with E-state index in [1.807, 2.05) is 0 Å². The summed E-state index contributed by atoms with van der Waals surface area (Å²) in [5, 5.41) is 0. The van der Waals surface area contributed by atoms with Crippen LogP contribution in [0.5, 0.6) is 0 Å². The lowest BCUT2D eigenvalue weighted by Gasteiger charge is -2.03. The van der Waals surface area contributed by atoms with E-state index in [2.05, 4.69) is 67.2 Å². The monoisotopic (exact) mass is 595 g/mol. The summed E-state index contributed by atoms with van der Waals surface area (Å²) in [6.07, 6.45) is 55.8. The highest BCUT2D eigenvalue weighted by Crippen LogP contribution is 2.13. The summed E-state index contributed by atoms with van der Waals surface area (Å²) in [6, 6.07) is 4.72. The van der Waals surface area contributed by atoms with Crippen LogP contribution < -0.4 is 4.57 Å². The fourth-order valence-corrected chi connectivity index (χ4v) is 6.10. The standard InChI is InChI=1S/C42H76N/c1-3-5-7-9-11-13-15-17-19-21-22-24-26-28-30-32-34-36-42-37-40-43(41-38-42)39-35-33-31-29-27-25-23-20-18-16-14-12-10-8-6-4-2/h17-20,37-38,40-41H,3-16,21-36,39H2,1-2H3/q+1/b19-17-,20-18-. The first-order valence-corrected chi connectivity index (χ1v) is 19.6. The number of hydrogen-bond acceptors (Lipinski definition) is 0. The Morgan fingerprint density at radius 2 is 0.721 bits per heavy atom. The third-order valence-corrected chi connectivity index (χ3v) is 9.12. The molecule has 1 heteroatoms. The Labute approximate surface area is 271 Å². The van der Waals surface area contributed by atoms with E-state index in [-0.39, 0.29) is 0 Å². The molecular formula is C42H76N+. The van der Waals surface area contributed by atoms with Crippen LogP contribution in [0.2, 0.25) is 0 Å². The molecule has 1 aromatic heterocycles. The molecule has 0 unspecified atom stereocenters. The quantitative estimate of drug-likeness (QED) is 0.0433. The van der Waals surface area contributed by atoms with Gasteiger partial charge in [0.15, 0.2) is 12.4 Å². The summed E-state index contributed by atoms with van der Waals surface area (Å²) in [7, 11) is 0. The van der Waals surface area contributed by atoms with E-state index in [1.54, 1.807) is 0 Å². The van der Waals surface area contributed by atoms with E-state index >= 15 is 0 Å². The Kier molecular flexibility index (Phi) is 30.9. The van der Waals surface area contributed by atoms with Crippen LogP contribution in [-0.2, 0) is 13.0 Å². The maximum atomic E-state index is 2.44. The summed E-state index contributed by atoms with van der Waals surface area (Å²) < 4.78 is 2.39. The van der Waals surface area contributed by atoms with Crippen LogP contribution in [-0.4, -0.2) is 0 Å². The predicted octanol–water partition coefficient (Wildman–Crippen LogP) is 14.0. The zero-order valence-electron chi connectivity index (χ0n) is 29.5.